The van der Waals surface area contributed by atoms with E-state index in [2.05, 4.69) is 26.2 Å². The maximum Gasteiger partial charge on any atom is 0.326 e. The van der Waals surface area contributed by atoms with E-state index in [1.165, 1.54) is 0 Å². The lowest BCUT2D eigenvalue weighted by atomic mass is 9.91. The summed E-state index contributed by atoms with van der Waals surface area (Å²) in [6, 6.07) is 4.10. The second kappa shape index (κ2) is 7.48. The Bertz CT molecular complexity index is 1000. The number of carboxylic acid groups (broad SMARTS) is 1. The number of carbonyl (C=O) groups excluding carboxylic acids is 2. The van der Waals surface area contributed by atoms with Crippen LogP contribution < -0.4 is 5.32 Å². The highest BCUT2D eigenvalue weighted by molar-refractivity contribution is 9.10. The molecule has 0 saturated carbocycles. The molecule has 2 aromatic rings. The van der Waals surface area contributed by atoms with Gasteiger partial charge in [0.2, 0.25) is 11.8 Å². The fraction of sp³-hybridized carbons (Fsp3) is 0.476. The minimum absolute atomic E-state index is 0.0592. The second-order valence-corrected chi connectivity index (χ2v) is 8.91. The standard InChI is InChI=1S/C21H24BrN3O4/c1-3-10(2)18(21(28)29)24-20(27)16-9-13-12-8-11(22)4-5-14(12)23-19(13)15-6-7-17(26)25(15)16/h4-5,8,10,15-16,18,23H,3,6-7,9H2,1-2H3,(H,24,27)(H,28,29)/t10-,15+,16-,18-/m0/s1. The molecule has 2 aliphatic rings. The first-order valence-electron chi connectivity index (χ1n) is 9.96. The summed E-state index contributed by atoms with van der Waals surface area (Å²) in [7, 11) is 0. The van der Waals surface area contributed by atoms with Crippen LogP contribution in [0, 0.1) is 5.92 Å². The number of hydrogen-bond donors (Lipinski definition) is 3. The minimum Gasteiger partial charge on any atom is -0.480 e. The Labute approximate surface area is 177 Å². The van der Waals surface area contributed by atoms with E-state index in [-0.39, 0.29) is 17.9 Å². The van der Waals surface area contributed by atoms with Crippen LogP contribution in [0.25, 0.3) is 10.9 Å². The number of carboxylic acids is 1. The van der Waals surface area contributed by atoms with Gasteiger partial charge in [-0.1, -0.05) is 36.2 Å². The topological polar surface area (TPSA) is 103 Å². The van der Waals surface area contributed by atoms with Gasteiger partial charge in [-0.3, -0.25) is 9.59 Å². The molecule has 4 atom stereocenters. The number of amides is 2. The van der Waals surface area contributed by atoms with Crippen molar-refractivity contribution >= 4 is 44.6 Å². The van der Waals surface area contributed by atoms with Crippen LogP contribution in [0.15, 0.2) is 22.7 Å². The summed E-state index contributed by atoms with van der Waals surface area (Å²) in [5, 5.41) is 13.3. The van der Waals surface area contributed by atoms with Gasteiger partial charge in [-0.25, -0.2) is 4.79 Å². The third-order valence-electron chi connectivity index (χ3n) is 6.30. The summed E-state index contributed by atoms with van der Waals surface area (Å²) in [5.74, 6) is -1.71. The summed E-state index contributed by atoms with van der Waals surface area (Å²) in [6.45, 7) is 3.70. The number of halogens is 1. The van der Waals surface area contributed by atoms with Crippen molar-refractivity contribution in [3.05, 3.63) is 33.9 Å². The van der Waals surface area contributed by atoms with Gasteiger partial charge < -0.3 is 20.3 Å². The van der Waals surface area contributed by atoms with Crippen molar-refractivity contribution < 1.29 is 19.5 Å². The third kappa shape index (κ3) is 3.33. The molecule has 3 heterocycles. The van der Waals surface area contributed by atoms with Crippen LogP contribution in [0.5, 0.6) is 0 Å². The fourth-order valence-electron chi connectivity index (χ4n) is 4.57. The van der Waals surface area contributed by atoms with Crippen molar-refractivity contribution in [3.63, 3.8) is 0 Å². The van der Waals surface area contributed by atoms with Gasteiger partial charge in [-0.15, -0.1) is 0 Å². The number of rotatable bonds is 5. The number of carbonyl (C=O) groups is 3. The average molecular weight is 462 g/mol. The van der Waals surface area contributed by atoms with Gasteiger partial charge in [0.25, 0.3) is 0 Å². The van der Waals surface area contributed by atoms with Crippen LogP contribution in [-0.2, 0) is 20.8 Å². The van der Waals surface area contributed by atoms with E-state index in [0.29, 0.717) is 25.7 Å². The molecule has 1 aromatic heterocycles. The number of fused-ring (bicyclic) bond motifs is 5. The first kappa shape index (κ1) is 19.9. The van der Waals surface area contributed by atoms with E-state index >= 15 is 0 Å². The predicted molar refractivity (Wildman–Crippen MR) is 111 cm³/mol. The van der Waals surface area contributed by atoms with Gasteiger partial charge in [-0.2, -0.15) is 0 Å². The molecule has 8 heteroatoms. The number of benzene rings is 1. The van der Waals surface area contributed by atoms with E-state index in [1.807, 2.05) is 25.1 Å². The zero-order valence-electron chi connectivity index (χ0n) is 16.4. The Morgan fingerprint density at radius 3 is 2.86 bits per heavy atom. The first-order valence-corrected chi connectivity index (χ1v) is 10.8. The first-order chi connectivity index (χ1) is 13.8. The zero-order valence-corrected chi connectivity index (χ0v) is 18.0. The quantitative estimate of drug-likeness (QED) is 0.636. The number of nitrogens with one attached hydrogen (secondary N) is 2. The molecule has 0 bridgehead atoms. The SMILES string of the molecule is CC[C@H](C)[C@H](NC(=O)[C@@H]1Cc2c([nH]c3ccc(Br)cc23)[C@H]2CCC(=O)N21)C(=O)O. The van der Waals surface area contributed by atoms with Gasteiger partial charge in [-0.05, 0) is 36.1 Å². The summed E-state index contributed by atoms with van der Waals surface area (Å²) in [6.07, 6.45) is 2.04. The highest BCUT2D eigenvalue weighted by Crippen LogP contribution is 2.43. The van der Waals surface area contributed by atoms with Crippen LogP contribution in [0.1, 0.15) is 50.4 Å². The van der Waals surface area contributed by atoms with Crippen molar-refractivity contribution in [1.82, 2.24) is 15.2 Å². The Morgan fingerprint density at radius 1 is 1.41 bits per heavy atom. The lowest BCUT2D eigenvalue weighted by Gasteiger charge is -2.37. The average Bonchev–Trinajstić information content (AvgIpc) is 3.25. The number of nitrogens with zero attached hydrogens (tertiary/aromatic N) is 1. The Hall–Kier alpha value is -2.35. The highest BCUT2D eigenvalue weighted by atomic mass is 79.9. The van der Waals surface area contributed by atoms with Crippen molar-refractivity contribution in [1.29, 1.82) is 0 Å². The van der Waals surface area contributed by atoms with Crippen LogP contribution in [-0.4, -0.2) is 44.9 Å². The van der Waals surface area contributed by atoms with Crippen LogP contribution in [0.2, 0.25) is 0 Å². The number of H-pyrrole nitrogens is 1. The number of hydrogen-bond acceptors (Lipinski definition) is 3. The highest BCUT2D eigenvalue weighted by Gasteiger charge is 2.46. The molecule has 1 saturated heterocycles. The van der Waals surface area contributed by atoms with E-state index in [0.717, 1.165) is 26.6 Å². The number of aromatic nitrogens is 1. The Balaban J connectivity index is 1.72. The monoisotopic (exact) mass is 461 g/mol. The molecule has 7 nitrogen and oxygen atoms in total. The molecule has 0 radical (unpaired) electrons. The van der Waals surface area contributed by atoms with Crippen molar-refractivity contribution in [2.45, 2.75) is 57.7 Å². The normalized spacial score (nSPS) is 22.9. The van der Waals surface area contributed by atoms with Crippen LogP contribution >= 0.6 is 15.9 Å². The molecule has 1 aromatic carbocycles. The van der Waals surface area contributed by atoms with E-state index < -0.39 is 24.0 Å². The molecule has 1 fully saturated rings. The van der Waals surface area contributed by atoms with Crippen molar-refractivity contribution in [2.24, 2.45) is 5.92 Å². The van der Waals surface area contributed by atoms with E-state index in [1.54, 1.807) is 11.8 Å². The smallest absolute Gasteiger partial charge is 0.326 e. The lowest BCUT2D eigenvalue weighted by Crippen LogP contribution is -2.56. The summed E-state index contributed by atoms with van der Waals surface area (Å²) in [5.41, 5.74) is 3.00. The number of aromatic amines is 1. The van der Waals surface area contributed by atoms with Gasteiger partial charge in [0, 0.05) is 33.9 Å². The van der Waals surface area contributed by atoms with Gasteiger partial charge in [0.15, 0.2) is 0 Å². The molecule has 29 heavy (non-hydrogen) atoms. The summed E-state index contributed by atoms with van der Waals surface area (Å²) in [4.78, 5) is 42.6. The largest absolute Gasteiger partial charge is 0.480 e. The molecule has 2 aliphatic heterocycles. The van der Waals surface area contributed by atoms with E-state index in [9.17, 15) is 19.5 Å². The molecular weight excluding hydrogens is 438 g/mol. The summed E-state index contributed by atoms with van der Waals surface area (Å²) >= 11 is 3.50. The molecule has 0 aliphatic carbocycles. The van der Waals surface area contributed by atoms with Crippen molar-refractivity contribution in [3.8, 4) is 0 Å². The molecule has 4 rings (SSSR count). The maximum atomic E-state index is 13.2. The molecule has 154 valence electrons. The molecule has 2 amide bonds. The Kier molecular flexibility index (Phi) is 5.14. The lowest BCUT2D eigenvalue weighted by molar-refractivity contribution is -0.146. The van der Waals surface area contributed by atoms with Crippen LogP contribution in [0.3, 0.4) is 0 Å². The van der Waals surface area contributed by atoms with E-state index in [4.69, 9.17) is 0 Å². The number of aliphatic carboxylic acids is 1. The zero-order chi connectivity index (χ0) is 20.9. The second-order valence-electron chi connectivity index (χ2n) is 7.99. The van der Waals surface area contributed by atoms with Gasteiger partial charge in [0.05, 0.1) is 6.04 Å². The van der Waals surface area contributed by atoms with Crippen molar-refractivity contribution in [2.75, 3.05) is 0 Å². The Morgan fingerprint density at radius 2 is 2.17 bits per heavy atom. The minimum atomic E-state index is -1.05. The van der Waals surface area contributed by atoms with Gasteiger partial charge in [0.1, 0.15) is 12.1 Å². The summed E-state index contributed by atoms with van der Waals surface area (Å²) < 4.78 is 0.945. The van der Waals surface area contributed by atoms with Crippen LogP contribution in [0.4, 0.5) is 0 Å². The molecular formula is C21H24BrN3O4. The fourth-order valence-corrected chi connectivity index (χ4v) is 4.93. The maximum absolute atomic E-state index is 13.2. The van der Waals surface area contributed by atoms with Gasteiger partial charge >= 0.3 is 5.97 Å². The third-order valence-corrected chi connectivity index (χ3v) is 6.80. The molecule has 0 unspecified atom stereocenters. The molecule has 3 N–H and O–H groups in total. The molecule has 0 spiro atoms. The predicted octanol–water partition coefficient (Wildman–Crippen LogP) is 3.13.